The van der Waals surface area contributed by atoms with E-state index in [0.29, 0.717) is 12.3 Å². The van der Waals surface area contributed by atoms with E-state index in [1.165, 1.54) is 38.2 Å². The van der Waals surface area contributed by atoms with Crippen molar-refractivity contribution in [1.82, 2.24) is 0 Å². The molecule has 1 rings (SSSR count). The Labute approximate surface area is 121 Å². The molecule has 0 aliphatic heterocycles. The summed E-state index contributed by atoms with van der Waals surface area (Å²) in [6.45, 7) is 5.35. The average Bonchev–Trinajstić information content (AvgIpc) is 2.42. The zero-order valence-corrected chi connectivity index (χ0v) is 12.7. The van der Waals surface area contributed by atoms with Crippen molar-refractivity contribution in [2.24, 2.45) is 0 Å². The van der Waals surface area contributed by atoms with Gasteiger partial charge in [-0.15, -0.1) is 0 Å². The van der Waals surface area contributed by atoms with Crippen LogP contribution in [0.5, 0.6) is 5.75 Å². The van der Waals surface area contributed by atoms with Crippen molar-refractivity contribution in [2.75, 3.05) is 24.2 Å². The van der Waals surface area contributed by atoms with Crippen molar-refractivity contribution in [3.63, 3.8) is 0 Å². The monoisotopic (exact) mass is 282 g/mol. The molecule has 0 atom stereocenters. The molecule has 3 N–H and O–H groups in total. The molecule has 0 unspecified atom stereocenters. The zero-order chi connectivity index (χ0) is 14.8. The Morgan fingerprint density at radius 2 is 1.80 bits per heavy atom. The normalized spacial score (nSPS) is 10.6. The fourth-order valence-electron chi connectivity index (χ4n) is 2.12. The van der Waals surface area contributed by atoms with Gasteiger partial charge >= 0.3 is 0 Å². The summed E-state index contributed by atoms with van der Waals surface area (Å²) in [4.78, 5) is 0. The van der Waals surface area contributed by atoms with Gasteiger partial charge in [-0.3, -0.25) is 0 Å². The van der Waals surface area contributed by atoms with Crippen molar-refractivity contribution in [2.45, 2.75) is 52.4 Å². The molecule has 0 bridgehead atoms. The van der Waals surface area contributed by atoms with Gasteiger partial charge in [0.25, 0.3) is 0 Å². The van der Waals surface area contributed by atoms with Crippen LogP contribution in [0.4, 0.5) is 15.8 Å². The van der Waals surface area contributed by atoms with Gasteiger partial charge in [-0.25, -0.2) is 4.39 Å². The van der Waals surface area contributed by atoms with Crippen LogP contribution < -0.4 is 15.8 Å². The van der Waals surface area contributed by atoms with Gasteiger partial charge < -0.3 is 15.8 Å². The standard InChI is InChI=1S/C16H27FN2O/c1-3-5-6-7-8-9-10-19-15-12-16(20-4-2)13(17)11-14(15)18/h11-12,19H,3-10,18H2,1-2H3. The first-order valence-corrected chi connectivity index (χ1v) is 7.64. The number of unbranched alkanes of at least 4 members (excludes halogenated alkanes) is 5. The molecule has 1 aromatic rings. The number of rotatable bonds is 10. The van der Waals surface area contributed by atoms with Crippen LogP contribution in [0.3, 0.4) is 0 Å². The number of hydrogen-bond donors (Lipinski definition) is 2. The molecule has 0 spiro atoms. The third-order valence-electron chi connectivity index (χ3n) is 3.25. The Balaban J connectivity index is 2.37. The highest BCUT2D eigenvalue weighted by atomic mass is 19.1. The highest BCUT2D eigenvalue weighted by molar-refractivity contribution is 5.68. The quantitative estimate of drug-likeness (QED) is 0.488. The van der Waals surface area contributed by atoms with E-state index >= 15 is 0 Å². The number of halogens is 1. The minimum atomic E-state index is -0.408. The van der Waals surface area contributed by atoms with Crippen LogP contribution in [0.15, 0.2) is 12.1 Å². The number of benzene rings is 1. The predicted molar refractivity (Wildman–Crippen MR) is 83.8 cm³/mol. The van der Waals surface area contributed by atoms with Crippen molar-refractivity contribution >= 4 is 11.4 Å². The van der Waals surface area contributed by atoms with E-state index in [1.807, 2.05) is 6.92 Å². The zero-order valence-electron chi connectivity index (χ0n) is 12.7. The minimum absolute atomic E-state index is 0.257. The number of nitrogens with one attached hydrogen (secondary N) is 1. The maximum atomic E-state index is 13.5. The van der Waals surface area contributed by atoms with Crippen LogP contribution in [0.25, 0.3) is 0 Å². The van der Waals surface area contributed by atoms with Crippen molar-refractivity contribution < 1.29 is 9.13 Å². The average molecular weight is 282 g/mol. The van der Waals surface area contributed by atoms with Crippen LogP contribution >= 0.6 is 0 Å². The molecule has 114 valence electrons. The van der Waals surface area contributed by atoms with Gasteiger partial charge in [0.15, 0.2) is 11.6 Å². The lowest BCUT2D eigenvalue weighted by Gasteiger charge is -2.12. The number of anilines is 2. The first-order chi connectivity index (χ1) is 9.69. The Hall–Kier alpha value is -1.45. The molecule has 0 aromatic heterocycles. The lowest BCUT2D eigenvalue weighted by molar-refractivity contribution is 0.322. The second-order valence-electron chi connectivity index (χ2n) is 5.00. The van der Waals surface area contributed by atoms with Crippen LogP contribution in [-0.2, 0) is 0 Å². The van der Waals surface area contributed by atoms with E-state index in [1.54, 1.807) is 6.07 Å². The summed E-state index contributed by atoms with van der Waals surface area (Å²) in [6.07, 6.45) is 7.49. The summed E-state index contributed by atoms with van der Waals surface area (Å²) in [5, 5.41) is 3.26. The molecule has 20 heavy (non-hydrogen) atoms. The molecule has 0 amide bonds. The first kappa shape index (κ1) is 16.6. The SMILES string of the molecule is CCCCCCCCNc1cc(OCC)c(F)cc1N. The topological polar surface area (TPSA) is 47.3 Å². The maximum Gasteiger partial charge on any atom is 0.167 e. The van der Waals surface area contributed by atoms with Gasteiger partial charge in [0.05, 0.1) is 18.0 Å². The summed E-state index contributed by atoms with van der Waals surface area (Å²) in [5.74, 6) is -0.151. The Bertz CT molecular complexity index is 396. The molecular formula is C16H27FN2O. The lowest BCUT2D eigenvalue weighted by atomic mass is 10.1. The second-order valence-corrected chi connectivity index (χ2v) is 5.00. The van der Waals surface area contributed by atoms with E-state index < -0.39 is 5.82 Å². The van der Waals surface area contributed by atoms with Gasteiger partial charge in [-0.2, -0.15) is 0 Å². The summed E-state index contributed by atoms with van der Waals surface area (Å²) in [7, 11) is 0. The van der Waals surface area contributed by atoms with E-state index in [-0.39, 0.29) is 5.75 Å². The number of hydrogen-bond acceptors (Lipinski definition) is 3. The third kappa shape index (κ3) is 5.68. The molecule has 0 saturated heterocycles. The molecule has 0 saturated carbocycles. The van der Waals surface area contributed by atoms with Crippen LogP contribution in [0, 0.1) is 5.82 Å². The number of nitrogen functional groups attached to an aromatic ring is 1. The summed E-state index contributed by atoms with van der Waals surface area (Å²) in [6, 6.07) is 2.96. The minimum Gasteiger partial charge on any atom is -0.491 e. The van der Waals surface area contributed by atoms with E-state index in [2.05, 4.69) is 12.2 Å². The Kier molecular flexibility index (Phi) is 7.85. The van der Waals surface area contributed by atoms with Crippen LogP contribution in [0.2, 0.25) is 0 Å². The van der Waals surface area contributed by atoms with Crippen LogP contribution in [0.1, 0.15) is 52.4 Å². The molecule has 4 heteroatoms. The van der Waals surface area contributed by atoms with Gasteiger partial charge in [-0.1, -0.05) is 39.0 Å². The van der Waals surface area contributed by atoms with E-state index in [0.717, 1.165) is 18.7 Å². The van der Waals surface area contributed by atoms with Crippen molar-refractivity contribution in [1.29, 1.82) is 0 Å². The molecule has 3 nitrogen and oxygen atoms in total. The van der Waals surface area contributed by atoms with Crippen molar-refractivity contribution in [3.05, 3.63) is 17.9 Å². The fraction of sp³-hybridized carbons (Fsp3) is 0.625. The second kappa shape index (κ2) is 9.45. The molecule has 0 aliphatic rings. The predicted octanol–water partition coefficient (Wildman–Crippen LogP) is 4.58. The summed E-state index contributed by atoms with van der Waals surface area (Å²) < 4.78 is 18.8. The molecular weight excluding hydrogens is 255 g/mol. The Morgan fingerprint density at radius 3 is 2.50 bits per heavy atom. The van der Waals surface area contributed by atoms with Gasteiger partial charge in [0.1, 0.15) is 0 Å². The molecule has 0 aliphatic carbocycles. The molecule has 0 heterocycles. The van der Waals surface area contributed by atoms with Crippen LogP contribution in [-0.4, -0.2) is 13.2 Å². The highest BCUT2D eigenvalue weighted by Gasteiger charge is 2.08. The maximum absolute atomic E-state index is 13.5. The molecule has 0 fully saturated rings. The van der Waals surface area contributed by atoms with Gasteiger partial charge in [-0.05, 0) is 13.3 Å². The molecule has 0 radical (unpaired) electrons. The summed E-state index contributed by atoms with van der Waals surface area (Å²) >= 11 is 0. The molecule has 1 aromatic carbocycles. The smallest absolute Gasteiger partial charge is 0.167 e. The third-order valence-corrected chi connectivity index (χ3v) is 3.25. The number of nitrogens with two attached hydrogens (primary N) is 1. The Morgan fingerprint density at radius 1 is 1.10 bits per heavy atom. The summed E-state index contributed by atoms with van der Waals surface area (Å²) in [5.41, 5.74) is 6.99. The highest BCUT2D eigenvalue weighted by Crippen LogP contribution is 2.28. The van der Waals surface area contributed by atoms with E-state index in [9.17, 15) is 4.39 Å². The van der Waals surface area contributed by atoms with Gasteiger partial charge in [0, 0.05) is 18.7 Å². The first-order valence-electron chi connectivity index (χ1n) is 7.64. The van der Waals surface area contributed by atoms with Gasteiger partial charge in [0.2, 0.25) is 0 Å². The number of ether oxygens (including phenoxy) is 1. The van der Waals surface area contributed by atoms with E-state index in [4.69, 9.17) is 10.5 Å². The van der Waals surface area contributed by atoms with Crippen molar-refractivity contribution in [3.8, 4) is 5.75 Å². The largest absolute Gasteiger partial charge is 0.491 e. The fourth-order valence-corrected chi connectivity index (χ4v) is 2.12. The lowest BCUT2D eigenvalue weighted by Crippen LogP contribution is -2.06.